The Balaban J connectivity index is 1.34. The first-order valence-electron chi connectivity index (χ1n) is 11.4. The fourth-order valence-electron chi connectivity index (χ4n) is 4.60. The average molecular weight is 450 g/mol. The quantitative estimate of drug-likeness (QED) is 0.582. The lowest BCUT2D eigenvalue weighted by Gasteiger charge is -2.33. The molecule has 0 bridgehead atoms. The van der Waals surface area contributed by atoms with Gasteiger partial charge < -0.3 is 10.6 Å². The van der Waals surface area contributed by atoms with E-state index in [1.807, 2.05) is 15.7 Å². The number of nitrogen functional groups attached to an aromatic ring is 1. The Bertz CT molecular complexity index is 1190. The van der Waals surface area contributed by atoms with Gasteiger partial charge in [-0.3, -0.25) is 9.69 Å². The fourth-order valence-corrected chi connectivity index (χ4v) is 4.60. The van der Waals surface area contributed by atoms with Gasteiger partial charge in [0.1, 0.15) is 23.7 Å². The van der Waals surface area contributed by atoms with Crippen LogP contribution in [-0.2, 0) is 4.79 Å². The molecule has 2 N–H and O–H groups in total. The van der Waals surface area contributed by atoms with Gasteiger partial charge in [-0.05, 0) is 50.6 Å². The van der Waals surface area contributed by atoms with E-state index < -0.39 is 0 Å². The Morgan fingerprint density at radius 2 is 2.03 bits per heavy atom. The van der Waals surface area contributed by atoms with Crippen LogP contribution in [0.2, 0.25) is 0 Å². The molecule has 2 aromatic heterocycles. The summed E-state index contributed by atoms with van der Waals surface area (Å²) in [5.74, 6) is 0.0301. The maximum atomic E-state index is 13.4. The number of fused-ring (bicyclic) bond motifs is 1. The van der Waals surface area contributed by atoms with E-state index in [9.17, 15) is 9.18 Å². The number of carbonyl (C=O) groups is 1. The summed E-state index contributed by atoms with van der Waals surface area (Å²) in [7, 11) is 2.11. The highest BCUT2D eigenvalue weighted by atomic mass is 19.1. The number of aromatic nitrogens is 4. The number of hydrogen-bond acceptors (Lipinski definition) is 6. The number of nitrogens with zero attached hydrogens (tertiary/aromatic N) is 6. The molecule has 3 aromatic rings. The highest BCUT2D eigenvalue weighted by molar-refractivity contribution is 5.98. The summed E-state index contributed by atoms with van der Waals surface area (Å²) >= 11 is 0. The van der Waals surface area contributed by atoms with Crippen molar-refractivity contribution in [2.45, 2.75) is 37.8 Å². The molecule has 2 fully saturated rings. The summed E-state index contributed by atoms with van der Waals surface area (Å²) < 4.78 is 15.3. The summed E-state index contributed by atoms with van der Waals surface area (Å²) in [5.41, 5.74) is 8.15. The number of benzene rings is 1. The second-order valence-electron chi connectivity index (χ2n) is 8.91. The smallest absolute Gasteiger partial charge is 0.246 e. The Labute approximate surface area is 191 Å². The van der Waals surface area contributed by atoms with Crippen LogP contribution < -0.4 is 5.73 Å². The fraction of sp³-hybridized carbons (Fsp3) is 0.417. The number of halogens is 1. The van der Waals surface area contributed by atoms with E-state index >= 15 is 0 Å². The van der Waals surface area contributed by atoms with Crippen LogP contribution >= 0.6 is 0 Å². The minimum Gasteiger partial charge on any atom is -0.383 e. The van der Waals surface area contributed by atoms with Crippen LogP contribution in [0.25, 0.3) is 22.3 Å². The topological polar surface area (TPSA) is 93.2 Å². The second kappa shape index (κ2) is 8.90. The minimum atomic E-state index is -0.316. The van der Waals surface area contributed by atoms with E-state index in [1.54, 1.807) is 18.2 Å². The second-order valence-corrected chi connectivity index (χ2v) is 8.91. The number of rotatable bonds is 6. The van der Waals surface area contributed by atoms with Crippen molar-refractivity contribution >= 4 is 22.8 Å². The number of amides is 1. The Kier molecular flexibility index (Phi) is 5.80. The third-order valence-electron chi connectivity index (χ3n) is 6.81. The first-order chi connectivity index (χ1) is 16.0. The third kappa shape index (κ3) is 4.20. The van der Waals surface area contributed by atoms with E-state index in [4.69, 9.17) is 10.8 Å². The van der Waals surface area contributed by atoms with Crippen LogP contribution in [-0.4, -0.2) is 68.2 Å². The van der Waals surface area contributed by atoms with Gasteiger partial charge in [-0.25, -0.2) is 19.0 Å². The van der Waals surface area contributed by atoms with Crippen LogP contribution in [0.15, 0.2) is 42.7 Å². The lowest BCUT2D eigenvalue weighted by molar-refractivity contribution is -0.125. The summed E-state index contributed by atoms with van der Waals surface area (Å²) in [6.07, 6.45) is 9.62. The lowest BCUT2D eigenvalue weighted by Crippen LogP contribution is -2.37. The molecule has 8 nitrogen and oxygen atoms in total. The summed E-state index contributed by atoms with van der Waals surface area (Å²) in [4.78, 5) is 25.5. The predicted octanol–water partition coefficient (Wildman–Crippen LogP) is 3.03. The van der Waals surface area contributed by atoms with E-state index in [2.05, 4.69) is 21.9 Å². The average Bonchev–Trinajstić information content (AvgIpc) is 3.39. The molecule has 172 valence electrons. The third-order valence-corrected chi connectivity index (χ3v) is 6.81. The maximum Gasteiger partial charge on any atom is 0.246 e. The first kappa shape index (κ1) is 21.5. The number of likely N-dealkylation sites (tertiary alicyclic amines) is 1. The molecular formula is C24H28FN7O. The number of hydrogen-bond donors (Lipinski definition) is 1. The van der Waals surface area contributed by atoms with Crippen LogP contribution in [0.3, 0.4) is 0 Å². The summed E-state index contributed by atoms with van der Waals surface area (Å²) in [5, 5.41) is 5.44. The molecule has 1 unspecified atom stereocenters. The highest BCUT2D eigenvalue weighted by Gasteiger charge is 2.30. The molecule has 1 aromatic carbocycles. The number of carbonyl (C=O) groups excluding carboxylic acids is 1. The Morgan fingerprint density at radius 3 is 2.76 bits per heavy atom. The van der Waals surface area contributed by atoms with Crippen LogP contribution in [0.5, 0.6) is 0 Å². The van der Waals surface area contributed by atoms with E-state index in [1.165, 1.54) is 37.7 Å². The molecule has 1 aliphatic heterocycles. The molecule has 1 saturated carbocycles. The molecule has 1 atom stereocenters. The molecular weight excluding hydrogens is 421 g/mol. The van der Waals surface area contributed by atoms with Crippen molar-refractivity contribution in [1.82, 2.24) is 29.5 Å². The van der Waals surface area contributed by atoms with Crippen molar-refractivity contribution in [2.75, 3.05) is 32.4 Å². The van der Waals surface area contributed by atoms with Gasteiger partial charge in [0.2, 0.25) is 5.91 Å². The molecule has 5 rings (SSSR count). The number of likely N-dealkylation sites (N-methyl/N-ethyl adjacent to an activating group) is 1. The SMILES string of the molecule is CN(CC=CC(=O)N1CCC(n2nc(-c3ccc(F)cc3)c3c(N)ncnc32)C1)C1CCC1. The van der Waals surface area contributed by atoms with Gasteiger partial charge in [-0.2, -0.15) is 5.10 Å². The van der Waals surface area contributed by atoms with Gasteiger partial charge >= 0.3 is 0 Å². The van der Waals surface area contributed by atoms with Crippen molar-refractivity contribution in [1.29, 1.82) is 0 Å². The molecule has 3 heterocycles. The van der Waals surface area contributed by atoms with Gasteiger partial charge in [0.25, 0.3) is 0 Å². The predicted molar refractivity (Wildman–Crippen MR) is 125 cm³/mol. The van der Waals surface area contributed by atoms with Crippen molar-refractivity contribution < 1.29 is 9.18 Å². The summed E-state index contributed by atoms with van der Waals surface area (Å²) in [6, 6.07) is 6.76. The zero-order valence-corrected chi connectivity index (χ0v) is 18.7. The van der Waals surface area contributed by atoms with Gasteiger partial charge in [0, 0.05) is 37.3 Å². The Hall–Kier alpha value is -3.33. The summed E-state index contributed by atoms with van der Waals surface area (Å²) in [6.45, 7) is 1.99. The van der Waals surface area contributed by atoms with Crippen LogP contribution in [0.1, 0.15) is 31.7 Å². The van der Waals surface area contributed by atoms with Gasteiger partial charge in [-0.15, -0.1) is 0 Å². The van der Waals surface area contributed by atoms with Gasteiger partial charge in [0.15, 0.2) is 5.65 Å². The van der Waals surface area contributed by atoms with Gasteiger partial charge in [-0.1, -0.05) is 12.5 Å². The molecule has 2 aliphatic rings. The van der Waals surface area contributed by atoms with Crippen LogP contribution in [0, 0.1) is 5.82 Å². The molecule has 1 amide bonds. The van der Waals surface area contributed by atoms with Crippen LogP contribution in [0.4, 0.5) is 10.2 Å². The normalized spacial score (nSPS) is 19.1. The van der Waals surface area contributed by atoms with E-state index in [0.29, 0.717) is 41.7 Å². The zero-order valence-electron chi connectivity index (χ0n) is 18.7. The molecule has 1 saturated heterocycles. The van der Waals surface area contributed by atoms with Crippen molar-refractivity contribution in [2.24, 2.45) is 0 Å². The lowest BCUT2D eigenvalue weighted by atomic mass is 9.92. The molecule has 1 aliphatic carbocycles. The number of anilines is 1. The zero-order chi connectivity index (χ0) is 22.9. The maximum absolute atomic E-state index is 13.4. The molecule has 0 spiro atoms. The Morgan fingerprint density at radius 1 is 1.24 bits per heavy atom. The van der Waals surface area contributed by atoms with E-state index in [-0.39, 0.29) is 17.8 Å². The molecule has 9 heteroatoms. The highest BCUT2D eigenvalue weighted by Crippen LogP contribution is 2.34. The van der Waals surface area contributed by atoms with E-state index in [0.717, 1.165) is 18.5 Å². The van der Waals surface area contributed by atoms with Crippen molar-refractivity contribution in [3.8, 4) is 11.3 Å². The monoisotopic (exact) mass is 449 g/mol. The van der Waals surface area contributed by atoms with Crippen molar-refractivity contribution in [3.63, 3.8) is 0 Å². The minimum absolute atomic E-state index is 0.0175. The number of nitrogens with two attached hydrogens (primary N) is 1. The molecule has 0 radical (unpaired) electrons. The first-order valence-corrected chi connectivity index (χ1v) is 11.4. The molecule has 33 heavy (non-hydrogen) atoms. The standard InChI is InChI=1S/C24H28FN7O/c1-30(18-4-2-5-18)12-3-6-20(33)31-13-11-19(14-31)32-24-21(23(26)27-15-28-24)22(29-32)16-7-9-17(25)10-8-16/h3,6-10,15,18-19H,2,4-5,11-14H2,1H3,(H2,26,27,28). The van der Waals surface area contributed by atoms with Gasteiger partial charge in [0.05, 0.1) is 11.4 Å². The van der Waals surface area contributed by atoms with Crippen molar-refractivity contribution in [3.05, 3.63) is 48.6 Å². The largest absolute Gasteiger partial charge is 0.383 e.